The molecule has 98 valence electrons. The zero-order valence-electron chi connectivity index (χ0n) is 9.84. The summed E-state index contributed by atoms with van der Waals surface area (Å²) in [4.78, 5) is 14.0. The summed E-state index contributed by atoms with van der Waals surface area (Å²) in [6.07, 6.45) is 0. The summed E-state index contributed by atoms with van der Waals surface area (Å²) in [6.45, 7) is 3.94. The average Bonchev–Trinajstić information content (AvgIpc) is 2.33. The second-order valence-corrected chi connectivity index (χ2v) is 5.46. The number of rotatable bonds is 1. The van der Waals surface area contributed by atoms with Crippen LogP contribution >= 0.6 is 22.6 Å². The third-order valence-corrected chi connectivity index (χ3v) is 3.90. The van der Waals surface area contributed by atoms with Crippen LogP contribution in [-0.4, -0.2) is 36.5 Å². The molecule has 6 heteroatoms. The molecule has 1 amide bonds. The summed E-state index contributed by atoms with van der Waals surface area (Å²) >= 11 is 1.85. The predicted molar refractivity (Wildman–Crippen MR) is 72.4 cm³/mol. The smallest absolute Gasteiger partial charge is 0.255 e. The van der Waals surface area contributed by atoms with Gasteiger partial charge < -0.3 is 10.2 Å². The molecule has 3 nitrogen and oxygen atoms in total. The zero-order chi connectivity index (χ0) is 13.3. The van der Waals surface area contributed by atoms with Crippen LogP contribution < -0.4 is 5.32 Å². The van der Waals surface area contributed by atoms with E-state index in [-0.39, 0.29) is 17.5 Å². The van der Waals surface area contributed by atoms with Crippen LogP contribution in [0.25, 0.3) is 0 Å². The molecule has 0 bridgehead atoms. The van der Waals surface area contributed by atoms with Gasteiger partial charge >= 0.3 is 0 Å². The van der Waals surface area contributed by atoms with Gasteiger partial charge in [-0.1, -0.05) is 0 Å². The van der Waals surface area contributed by atoms with Crippen LogP contribution in [0.5, 0.6) is 0 Å². The van der Waals surface area contributed by atoms with E-state index in [2.05, 4.69) is 5.32 Å². The summed E-state index contributed by atoms with van der Waals surface area (Å²) in [5, 5.41) is 3.18. The molecule has 1 aliphatic heterocycles. The lowest BCUT2D eigenvalue weighted by atomic mass is 10.1. The Balaban J connectivity index is 2.30. The third-order valence-electron chi connectivity index (χ3n) is 3.00. The van der Waals surface area contributed by atoms with Gasteiger partial charge in [-0.15, -0.1) is 0 Å². The van der Waals surface area contributed by atoms with Crippen molar-refractivity contribution in [1.82, 2.24) is 10.2 Å². The van der Waals surface area contributed by atoms with Crippen molar-refractivity contribution >= 4 is 28.5 Å². The van der Waals surface area contributed by atoms with Gasteiger partial charge in [-0.2, -0.15) is 0 Å². The number of carbonyl (C=O) groups is 1. The lowest BCUT2D eigenvalue weighted by Crippen LogP contribution is -2.52. The average molecular weight is 366 g/mol. The largest absolute Gasteiger partial charge is 0.333 e. The highest BCUT2D eigenvalue weighted by atomic mass is 127. The van der Waals surface area contributed by atoms with Crippen molar-refractivity contribution in [3.8, 4) is 0 Å². The number of hydrogen-bond acceptors (Lipinski definition) is 2. The van der Waals surface area contributed by atoms with E-state index in [0.717, 1.165) is 18.7 Å². The predicted octanol–water partition coefficient (Wildman–Crippen LogP) is 2.00. The molecular formula is C12H13F2IN2O. The Morgan fingerprint density at radius 1 is 1.44 bits per heavy atom. The highest BCUT2D eigenvalue weighted by Gasteiger charge is 2.26. The first kappa shape index (κ1) is 13.7. The van der Waals surface area contributed by atoms with Crippen molar-refractivity contribution in [2.75, 3.05) is 19.6 Å². The molecule has 0 spiro atoms. The van der Waals surface area contributed by atoms with Crippen LogP contribution in [0.3, 0.4) is 0 Å². The Labute approximate surface area is 118 Å². The van der Waals surface area contributed by atoms with Crippen LogP contribution in [-0.2, 0) is 0 Å². The molecule has 1 atom stereocenters. The van der Waals surface area contributed by atoms with E-state index in [4.69, 9.17) is 0 Å². The lowest BCUT2D eigenvalue weighted by Gasteiger charge is -2.34. The number of hydrogen-bond donors (Lipinski definition) is 1. The minimum absolute atomic E-state index is 0.0511. The SMILES string of the molecule is CC1CNCCN1C(=O)c1cc(F)c(F)cc1I. The molecule has 1 aliphatic rings. The Morgan fingerprint density at radius 3 is 2.78 bits per heavy atom. The number of nitrogens with zero attached hydrogens (tertiary/aromatic N) is 1. The molecule has 1 aromatic rings. The summed E-state index contributed by atoms with van der Waals surface area (Å²) < 4.78 is 26.7. The second kappa shape index (κ2) is 5.48. The minimum Gasteiger partial charge on any atom is -0.333 e. The fourth-order valence-corrected chi connectivity index (χ4v) is 2.64. The Morgan fingerprint density at radius 2 is 2.11 bits per heavy atom. The number of benzene rings is 1. The maximum absolute atomic E-state index is 13.2. The summed E-state index contributed by atoms with van der Waals surface area (Å²) in [5.74, 6) is -2.15. The number of amides is 1. The van der Waals surface area contributed by atoms with Gasteiger partial charge in [0.25, 0.3) is 5.91 Å². The fraction of sp³-hybridized carbons (Fsp3) is 0.417. The zero-order valence-corrected chi connectivity index (χ0v) is 12.0. The van der Waals surface area contributed by atoms with Crippen LogP contribution in [0.1, 0.15) is 17.3 Å². The van der Waals surface area contributed by atoms with E-state index in [1.54, 1.807) is 4.90 Å². The Bertz CT molecular complexity index is 481. The van der Waals surface area contributed by atoms with Gasteiger partial charge in [-0.05, 0) is 41.6 Å². The molecule has 0 aromatic heterocycles. The number of halogens is 3. The quantitative estimate of drug-likeness (QED) is 0.609. The molecule has 1 heterocycles. The van der Waals surface area contributed by atoms with Gasteiger partial charge in [0.05, 0.1) is 5.56 Å². The number of piperazine rings is 1. The number of nitrogens with one attached hydrogen (secondary N) is 1. The Hall–Kier alpha value is -0.760. The molecule has 1 aromatic carbocycles. The molecule has 1 unspecified atom stereocenters. The monoisotopic (exact) mass is 366 g/mol. The maximum atomic E-state index is 13.2. The second-order valence-electron chi connectivity index (χ2n) is 4.30. The van der Waals surface area contributed by atoms with E-state index in [9.17, 15) is 13.6 Å². The van der Waals surface area contributed by atoms with E-state index < -0.39 is 11.6 Å². The standard InChI is InChI=1S/C12H13F2IN2O/c1-7-6-16-2-3-17(7)12(18)8-4-9(13)10(14)5-11(8)15/h4-5,7,16H,2-3,6H2,1H3. The van der Waals surface area contributed by atoms with Crippen molar-refractivity contribution < 1.29 is 13.6 Å². The first-order valence-electron chi connectivity index (χ1n) is 5.67. The lowest BCUT2D eigenvalue weighted by molar-refractivity contribution is 0.0654. The molecule has 1 saturated heterocycles. The molecule has 1 fully saturated rings. The molecule has 0 radical (unpaired) electrons. The van der Waals surface area contributed by atoms with Crippen LogP contribution in [0.4, 0.5) is 8.78 Å². The van der Waals surface area contributed by atoms with Gasteiger partial charge in [0.1, 0.15) is 0 Å². The van der Waals surface area contributed by atoms with Crippen LogP contribution in [0.15, 0.2) is 12.1 Å². The van der Waals surface area contributed by atoms with Crippen molar-refractivity contribution in [3.05, 3.63) is 32.9 Å². The molecule has 2 rings (SSSR count). The van der Waals surface area contributed by atoms with Crippen molar-refractivity contribution in [2.24, 2.45) is 0 Å². The maximum Gasteiger partial charge on any atom is 0.255 e. The summed E-state index contributed by atoms with van der Waals surface area (Å²) in [5.41, 5.74) is 0.225. The third kappa shape index (κ3) is 2.64. The summed E-state index contributed by atoms with van der Waals surface area (Å²) in [7, 11) is 0. The first-order valence-corrected chi connectivity index (χ1v) is 6.75. The summed E-state index contributed by atoms with van der Waals surface area (Å²) in [6, 6.07) is 2.08. The van der Waals surface area contributed by atoms with E-state index in [0.29, 0.717) is 16.7 Å². The van der Waals surface area contributed by atoms with E-state index >= 15 is 0 Å². The van der Waals surface area contributed by atoms with Gasteiger partial charge in [0.2, 0.25) is 0 Å². The minimum atomic E-state index is -0.985. The van der Waals surface area contributed by atoms with Gasteiger partial charge in [-0.25, -0.2) is 8.78 Å². The van der Waals surface area contributed by atoms with Gasteiger partial charge in [0, 0.05) is 29.2 Å². The molecular weight excluding hydrogens is 353 g/mol. The Kier molecular flexibility index (Phi) is 4.16. The fourth-order valence-electron chi connectivity index (χ4n) is 1.98. The molecule has 0 saturated carbocycles. The normalized spacial score (nSPS) is 20.0. The van der Waals surface area contributed by atoms with Gasteiger partial charge in [0.15, 0.2) is 11.6 Å². The molecule has 1 N–H and O–H groups in total. The van der Waals surface area contributed by atoms with E-state index in [1.165, 1.54) is 0 Å². The molecule has 18 heavy (non-hydrogen) atoms. The van der Waals surface area contributed by atoms with Gasteiger partial charge in [-0.3, -0.25) is 4.79 Å². The van der Waals surface area contributed by atoms with Crippen molar-refractivity contribution in [3.63, 3.8) is 0 Å². The topological polar surface area (TPSA) is 32.3 Å². The molecule has 0 aliphatic carbocycles. The first-order chi connectivity index (χ1) is 8.50. The number of carbonyl (C=O) groups excluding carboxylic acids is 1. The van der Waals surface area contributed by atoms with Crippen LogP contribution in [0.2, 0.25) is 0 Å². The van der Waals surface area contributed by atoms with Crippen LogP contribution in [0, 0.1) is 15.2 Å². The van der Waals surface area contributed by atoms with Crippen molar-refractivity contribution in [2.45, 2.75) is 13.0 Å². The van der Waals surface area contributed by atoms with E-state index in [1.807, 2.05) is 29.5 Å². The highest BCUT2D eigenvalue weighted by molar-refractivity contribution is 14.1. The van der Waals surface area contributed by atoms with Crippen molar-refractivity contribution in [1.29, 1.82) is 0 Å². The highest BCUT2D eigenvalue weighted by Crippen LogP contribution is 2.20.